The maximum Gasteiger partial charge on any atom is 0.328 e. The van der Waals surface area contributed by atoms with Gasteiger partial charge in [0.05, 0.1) is 7.11 Å². The lowest BCUT2D eigenvalue weighted by Gasteiger charge is -2.11. The summed E-state index contributed by atoms with van der Waals surface area (Å²) in [7, 11) is 1.33. The molecule has 0 heterocycles. The summed E-state index contributed by atoms with van der Waals surface area (Å²) < 4.78 is 4.58. The quantitative estimate of drug-likeness (QED) is 0.262. The van der Waals surface area contributed by atoms with E-state index in [-0.39, 0.29) is 5.91 Å². The molecule has 1 atom stereocenters. The van der Waals surface area contributed by atoms with Gasteiger partial charge in [0.15, 0.2) is 0 Å². The van der Waals surface area contributed by atoms with Gasteiger partial charge in [-0.2, -0.15) is 0 Å². The van der Waals surface area contributed by atoms with Crippen LogP contribution in [0.15, 0.2) is 12.2 Å². The number of hydrogen-bond acceptors (Lipinski definition) is 3. The Hall–Kier alpha value is -1.32. The third kappa shape index (κ3) is 14.3. The number of esters is 1. The molecule has 0 rings (SSSR count). The van der Waals surface area contributed by atoms with Crippen LogP contribution in [0.25, 0.3) is 0 Å². The van der Waals surface area contributed by atoms with E-state index < -0.39 is 12.0 Å². The highest BCUT2D eigenvalue weighted by molar-refractivity contribution is 5.83. The molecular formula is C20H37NO3. The summed E-state index contributed by atoms with van der Waals surface area (Å²) in [5, 5.41) is 2.65. The molecule has 0 aliphatic heterocycles. The van der Waals surface area contributed by atoms with Crippen LogP contribution in [-0.4, -0.2) is 25.0 Å². The standard InChI is InChI=1S/C20H37NO3/c1-4-5-6-7-8-9-10-11-12-13-14-15-16-17-19(22)21-18(2)20(23)24-3/h9-10,18H,4-8,11-17H2,1-3H3,(H,21,22)/b10-9-/t18-/m0/s1. The van der Waals surface area contributed by atoms with Crippen molar-refractivity contribution in [1.82, 2.24) is 5.32 Å². The molecule has 4 heteroatoms. The third-order valence-electron chi connectivity index (χ3n) is 4.10. The Morgan fingerprint density at radius 2 is 1.46 bits per heavy atom. The van der Waals surface area contributed by atoms with Gasteiger partial charge in [0, 0.05) is 6.42 Å². The molecule has 0 spiro atoms. The van der Waals surface area contributed by atoms with E-state index in [1.54, 1.807) is 6.92 Å². The molecule has 1 amide bonds. The van der Waals surface area contributed by atoms with Gasteiger partial charge in [-0.25, -0.2) is 4.79 Å². The fraction of sp³-hybridized carbons (Fsp3) is 0.800. The smallest absolute Gasteiger partial charge is 0.328 e. The molecule has 0 saturated carbocycles. The van der Waals surface area contributed by atoms with Crippen molar-refractivity contribution in [3.8, 4) is 0 Å². The lowest BCUT2D eigenvalue weighted by molar-refractivity contribution is -0.144. The Kier molecular flexibility index (Phi) is 15.6. The van der Waals surface area contributed by atoms with Crippen molar-refractivity contribution in [2.24, 2.45) is 0 Å². The topological polar surface area (TPSA) is 55.4 Å². The molecular weight excluding hydrogens is 302 g/mol. The van der Waals surface area contributed by atoms with Gasteiger partial charge in [-0.1, -0.05) is 57.6 Å². The van der Waals surface area contributed by atoms with Gasteiger partial charge in [0.2, 0.25) is 5.91 Å². The summed E-state index contributed by atoms with van der Waals surface area (Å²) in [5.74, 6) is -0.472. The predicted octanol–water partition coefficient (Wildman–Crippen LogP) is 4.92. The Morgan fingerprint density at radius 1 is 0.917 bits per heavy atom. The molecule has 4 nitrogen and oxygen atoms in total. The number of unbranched alkanes of at least 4 members (excludes halogenated alkanes) is 9. The zero-order valence-corrected chi connectivity index (χ0v) is 15.9. The van der Waals surface area contributed by atoms with Gasteiger partial charge in [-0.3, -0.25) is 4.79 Å². The molecule has 0 aromatic heterocycles. The second-order valence-electron chi connectivity index (χ2n) is 6.44. The van der Waals surface area contributed by atoms with Crippen LogP contribution in [0.2, 0.25) is 0 Å². The monoisotopic (exact) mass is 339 g/mol. The van der Waals surface area contributed by atoms with Crippen molar-refractivity contribution in [1.29, 1.82) is 0 Å². The first-order valence-electron chi connectivity index (χ1n) is 9.64. The molecule has 0 aliphatic carbocycles. The Balaban J connectivity index is 3.37. The molecule has 0 aromatic rings. The maximum absolute atomic E-state index is 11.6. The van der Waals surface area contributed by atoms with Crippen LogP contribution in [0, 0.1) is 0 Å². The Bertz CT molecular complexity index is 353. The molecule has 0 fully saturated rings. The lowest BCUT2D eigenvalue weighted by Crippen LogP contribution is -2.38. The number of nitrogens with one attached hydrogen (secondary N) is 1. The lowest BCUT2D eigenvalue weighted by atomic mass is 10.1. The first-order chi connectivity index (χ1) is 11.6. The van der Waals surface area contributed by atoms with Gasteiger partial charge in [-0.05, 0) is 39.0 Å². The second kappa shape index (κ2) is 16.5. The molecule has 140 valence electrons. The number of carbonyl (C=O) groups is 2. The summed E-state index contributed by atoms with van der Waals surface area (Å²) in [6.45, 7) is 3.88. The zero-order valence-electron chi connectivity index (χ0n) is 15.9. The third-order valence-corrected chi connectivity index (χ3v) is 4.10. The molecule has 0 radical (unpaired) electrons. The van der Waals surface area contributed by atoms with Crippen molar-refractivity contribution < 1.29 is 14.3 Å². The highest BCUT2D eigenvalue weighted by atomic mass is 16.5. The van der Waals surface area contributed by atoms with Crippen LogP contribution in [0.5, 0.6) is 0 Å². The average molecular weight is 340 g/mol. The summed E-state index contributed by atoms with van der Waals surface area (Å²) in [6, 6.07) is -0.559. The molecule has 0 saturated heterocycles. The van der Waals surface area contributed by atoms with Gasteiger partial charge in [0.1, 0.15) is 6.04 Å². The first-order valence-corrected chi connectivity index (χ1v) is 9.64. The number of ether oxygens (including phenoxy) is 1. The minimum atomic E-state index is -0.559. The summed E-state index contributed by atoms with van der Waals surface area (Å²) in [5.41, 5.74) is 0. The number of amides is 1. The fourth-order valence-corrected chi connectivity index (χ4v) is 2.55. The average Bonchev–Trinajstić information content (AvgIpc) is 2.58. The van der Waals surface area contributed by atoms with E-state index in [0.717, 1.165) is 12.8 Å². The van der Waals surface area contributed by atoms with Crippen molar-refractivity contribution in [2.75, 3.05) is 7.11 Å². The van der Waals surface area contributed by atoms with Crippen LogP contribution >= 0.6 is 0 Å². The SMILES string of the molecule is CCCCCC/C=C\CCCCCCCC(=O)N[C@@H](C)C(=O)OC. The van der Waals surface area contributed by atoms with Crippen LogP contribution < -0.4 is 5.32 Å². The normalized spacial score (nSPS) is 12.3. The minimum Gasteiger partial charge on any atom is -0.467 e. The zero-order chi connectivity index (χ0) is 18.0. The van der Waals surface area contributed by atoms with E-state index in [4.69, 9.17) is 0 Å². The van der Waals surface area contributed by atoms with E-state index in [0.29, 0.717) is 6.42 Å². The first kappa shape index (κ1) is 22.7. The molecule has 1 N–H and O–H groups in total. The van der Waals surface area contributed by atoms with Gasteiger partial charge in [0.25, 0.3) is 0 Å². The van der Waals surface area contributed by atoms with E-state index in [2.05, 4.69) is 29.1 Å². The van der Waals surface area contributed by atoms with E-state index in [9.17, 15) is 9.59 Å². The highest BCUT2D eigenvalue weighted by Gasteiger charge is 2.14. The highest BCUT2D eigenvalue weighted by Crippen LogP contribution is 2.09. The summed E-state index contributed by atoms with van der Waals surface area (Å²) in [6.07, 6.45) is 18.4. The van der Waals surface area contributed by atoms with E-state index >= 15 is 0 Å². The van der Waals surface area contributed by atoms with Crippen LogP contribution in [0.3, 0.4) is 0 Å². The second-order valence-corrected chi connectivity index (χ2v) is 6.44. The summed E-state index contributed by atoms with van der Waals surface area (Å²) in [4.78, 5) is 22.8. The van der Waals surface area contributed by atoms with Crippen LogP contribution in [0.1, 0.15) is 90.9 Å². The van der Waals surface area contributed by atoms with E-state index in [1.807, 2.05) is 0 Å². The van der Waals surface area contributed by atoms with Gasteiger partial charge >= 0.3 is 5.97 Å². The largest absolute Gasteiger partial charge is 0.467 e. The van der Waals surface area contributed by atoms with Crippen LogP contribution in [0.4, 0.5) is 0 Å². The van der Waals surface area contributed by atoms with Crippen molar-refractivity contribution in [2.45, 2.75) is 96.9 Å². The van der Waals surface area contributed by atoms with E-state index in [1.165, 1.54) is 64.9 Å². The molecule has 0 bridgehead atoms. The molecule has 0 unspecified atom stereocenters. The van der Waals surface area contributed by atoms with Crippen molar-refractivity contribution >= 4 is 11.9 Å². The Morgan fingerprint density at radius 3 is 2.04 bits per heavy atom. The number of carbonyl (C=O) groups excluding carboxylic acids is 2. The number of methoxy groups -OCH3 is 1. The predicted molar refractivity (Wildman–Crippen MR) is 99.8 cm³/mol. The van der Waals surface area contributed by atoms with Gasteiger partial charge < -0.3 is 10.1 Å². The van der Waals surface area contributed by atoms with Crippen molar-refractivity contribution in [3.63, 3.8) is 0 Å². The van der Waals surface area contributed by atoms with Gasteiger partial charge in [-0.15, -0.1) is 0 Å². The number of rotatable bonds is 15. The van der Waals surface area contributed by atoms with Crippen LogP contribution in [-0.2, 0) is 14.3 Å². The minimum absolute atomic E-state index is 0.0705. The Labute approximate surface area is 148 Å². The molecule has 0 aromatic carbocycles. The fourth-order valence-electron chi connectivity index (χ4n) is 2.55. The maximum atomic E-state index is 11.6. The number of hydrogen-bond donors (Lipinski definition) is 1. The van der Waals surface area contributed by atoms with Crippen molar-refractivity contribution in [3.05, 3.63) is 12.2 Å². The molecule has 24 heavy (non-hydrogen) atoms. The summed E-state index contributed by atoms with van der Waals surface area (Å²) >= 11 is 0. The molecule has 0 aliphatic rings. The number of allylic oxidation sites excluding steroid dienone is 2.